The van der Waals surface area contributed by atoms with Gasteiger partial charge in [-0.25, -0.2) is 4.79 Å². The number of piperidine rings is 1. The number of likely N-dealkylation sites (tertiary alicyclic amines) is 1. The van der Waals surface area contributed by atoms with Gasteiger partial charge in [-0.3, -0.25) is 4.79 Å². The van der Waals surface area contributed by atoms with Crippen LogP contribution in [0, 0.1) is 5.92 Å². The van der Waals surface area contributed by atoms with Crippen molar-refractivity contribution in [3.63, 3.8) is 0 Å². The predicted molar refractivity (Wildman–Crippen MR) is 138 cm³/mol. The maximum atomic E-state index is 14.0. The highest BCUT2D eigenvalue weighted by Crippen LogP contribution is 2.37. The molecule has 34 heavy (non-hydrogen) atoms. The van der Waals surface area contributed by atoms with E-state index < -0.39 is 11.1 Å². The summed E-state index contributed by atoms with van der Waals surface area (Å²) >= 11 is 0. The average Bonchev–Trinajstić information content (AvgIpc) is 2.79. The molecule has 1 heterocycles. The fraction of sp³-hybridized carbons (Fsp3) is 0.714. The lowest BCUT2D eigenvalue weighted by atomic mass is 9.77. The number of hydrogen-bond acceptors (Lipinski definition) is 4. The lowest BCUT2D eigenvalue weighted by molar-refractivity contribution is -0.139. The van der Waals surface area contributed by atoms with Crippen molar-refractivity contribution < 1.29 is 14.3 Å². The van der Waals surface area contributed by atoms with Crippen molar-refractivity contribution in [1.29, 1.82) is 0 Å². The van der Waals surface area contributed by atoms with Crippen molar-refractivity contribution in [2.45, 2.75) is 110 Å². The third kappa shape index (κ3) is 6.45. The van der Waals surface area contributed by atoms with Crippen LogP contribution in [-0.4, -0.2) is 58.1 Å². The van der Waals surface area contributed by atoms with E-state index in [0.29, 0.717) is 12.8 Å². The van der Waals surface area contributed by atoms with Gasteiger partial charge in [-0.1, -0.05) is 31.5 Å². The molecule has 2 fully saturated rings. The highest BCUT2D eigenvalue weighted by atomic mass is 16.6. The second-order valence-electron chi connectivity index (χ2n) is 11.4. The van der Waals surface area contributed by atoms with E-state index >= 15 is 0 Å². The maximum absolute atomic E-state index is 14.0. The molecule has 0 radical (unpaired) electrons. The first-order chi connectivity index (χ1) is 16.0. The lowest BCUT2D eigenvalue weighted by Gasteiger charge is -2.47. The first-order valence-electron chi connectivity index (χ1n) is 13.2. The summed E-state index contributed by atoms with van der Waals surface area (Å²) in [7, 11) is 0. The van der Waals surface area contributed by atoms with Crippen LogP contribution in [-0.2, 0) is 9.53 Å². The molecule has 6 nitrogen and oxygen atoms in total. The van der Waals surface area contributed by atoms with E-state index in [1.165, 1.54) is 6.42 Å². The summed E-state index contributed by atoms with van der Waals surface area (Å²) in [4.78, 5) is 30.9. The number of amides is 2. The molecule has 1 aliphatic carbocycles. The summed E-state index contributed by atoms with van der Waals surface area (Å²) < 4.78 is 5.72. The van der Waals surface area contributed by atoms with Crippen molar-refractivity contribution in [2.75, 3.05) is 18.4 Å². The quantitative estimate of drug-likeness (QED) is 0.547. The molecule has 6 heteroatoms. The van der Waals surface area contributed by atoms with E-state index in [1.54, 1.807) is 0 Å². The molecular formula is C28H45N3O3. The Balaban J connectivity index is 1.78. The van der Waals surface area contributed by atoms with E-state index in [-0.39, 0.29) is 24.1 Å². The summed E-state index contributed by atoms with van der Waals surface area (Å²) in [6.07, 6.45) is 6.05. The molecule has 190 valence electrons. The number of nitrogens with zero attached hydrogens (tertiary/aromatic N) is 2. The van der Waals surface area contributed by atoms with Crippen LogP contribution in [0.5, 0.6) is 0 Å². The molecule has 0 spiro atoms. The minimum atomic E-state index is -0.631. The molecular weight excluding hydrogens is 426 g/mol. The minimum Gasteiger partial charge on any atom is -0.444 e. The van der Waals surface area contributed by atoms with Crippen LogP contribution in [0.1, 0.15) is 86.5 Å². The molecule has 1 aliphatic heterocycles. The zero-order chi connectivity index (χ0) is 24.9. The van der Waals surface area contributed by atoms with Gasteiger partial charge in [-0.05, 0) is 91.2 Å². The second-order valence-corrected chi connectivity index (χ2v) is 11.4. The van der Waals surface area contributed by atoms with Crippen molar-refractivity contribution in [3.05, 3.63) is 30.3 Å². The van der Waals surface area contributed by atoms with E-state index in [2.05, 4.69) is 17.1 Å². The molecule has 1 aromatic rings. The van der Waals surface area contributed by atoms with Crippen molar-refractivity contribution in [2.24, 2.45) is 5.92 Å². The number of carbonyl (C=O) groups is 2. The van der Waals surface area contributed by atoms with Gasteiger partial charge in [0.05, 0.1) is 0 Å². The molecule has 1 aromatic carbocycles. The summed E-state index contributed by atoms with van der Waals surface area (Å²) in [5, 5.41) is 3.65. The van der Waals surface area contributed by atoms with E-state index in [9.17, 15) is 9.59 Å². The first kappa shape index (κ1) is 26.4. The van der Waals surface area contributed by atoms with Crippen LogP contribution in [0.25, 0.3) is 0 Å². The molecule has 1 N–H and O–H groups in total. The number of rotatable bonds is 6. The number of ether oxygens (including phenoxy) is 1. The second kappa shape index (κ2) is 11.0. The number of carbonyl (C=O) groups excluding carboxylic acids is 2. The molecule has 0 bridgehead atoms. The highest BCUT2D eigenvalue weighted by molar-refractivity contribution is 5.90. The maximum Gasteiger partial charge on any atom is 0.410 e. The molecule has 2 amide bonds. The molecule has 1 saturated carbocycles. The monoisotopic (exact) mass is 471 g/mol. The summed E-state index contributed by atoms with van der Waals surface area (Å²) in [5.74, 6) is 0.948. The summed E-state index contributed by atoms with van der Waals surface area (Å²) in [6.45, 7) is 13.7. The van der Waals surface area contributed by atoms with Crippen molar-refractivity contribution in [3.8, 4) is 0 Å². The Kier molecular flexibility index (Phi) is 8.53. The third-order valence-corrected chi connectivity index (χ3v) is 7.41. The molecule has 0 atom stereocenters. The van der Waals surface area contributed by atoms with Crippen LogP contribution in [0.15, 0.2) is 30.3 Å². The van der Waals surface area contributed by atoms with Gasteiger partial charge in [0.15, 0.2) is 0 Å². The zero-order valence-electron chi connectivity index (χ0n) is 22.1. The van der Waals surface area contributed by atoms with Crippen LogP contribution in [0.4, 0.5) is 10.5 Å². The van der Waals surface area contributed by atoms with Crippen molar-refractivity contribution in [1.82, 2.24) is 9.80 Å². The fourth-order valence-corrected chi connectivity index (χ4v) is 5.51. The highest BCUT2D eigenvalue weighted by Gasteiger charge is 2.46. The largest absolute Gasteiger partial charge is 0.444 e. The van der Waals surface area contributed by atoms with Crippen LogP contribution >= 0.6 is 0 Å². The Hall–Kier alpha value is -2.24. The van der Waals surface area contributed by atoms with Gasteiger partial charge in [0.2, 0.25) is 5.91 Å². The Labute approximate surface area is 206 Å². The van der Waals surface area contributed by atoms with E-state index in [0.717, 1.165) is 50.4 Å². The van der Waals surface area contributed by atoms with Crippen LogP contribution in [0.3, 0.4) is 0 Å². The molecule has 0 aromatic heterocycles. The number of para-hydroxylation sites is 1. The lowest BCUT2D eigenvalue weighted by Crippen LogP contribution is -2.59. The van der Waals surface area contributed by atoms with Gasteiger partial charge in [0, 0.05) is 30.9 Å². The Morgan fingerprint density at radius 2 is 1.68 bits per heavy atom. The predicted octanol–water partition coefficient (Wildman–Crippen LogP) is 6.07. The Morgan fingerprint density at radius 3 is 2.18 bits per heavy atom. The number of nitrogens with one attached hydrogen (secondary N) is 1. The molecule has 3 rings (SSSR count). The van der Waals surface area contributed by atoms with Gasteiger partial charge < -0.3 is 19.9 Å². The van der Waals surface area contributed by atoms with Crippen molar-refractivity contribution >= 4 is 17.7 Å². The minimum absolute atomic E-state index is 0.0400. The fourth-order valence-electron chi connectivity index (χ4n) is 5.51. The van der Waals surface area contributed by atoms with Crippen LogP contribution < -0.4 is 5.32 Å². The standard InChI is InChI=1S/C28H45N3O3/c1-7-22-15-19-30(20-16-22)25(32)28(29-23-11-9-8-10-12-23)17-13-24(14-18-28)31(21(2)3)26(33)34-27(4,5)6/h8-12,21-22,24,29H,7,13-20H2,1-6H3. The summed E-state index contributed by atoms with van der Waals surface area (Å²) in [6, 6.07) is 10.2. The first-order valence-corrected chi connectivity index (χ1v) is 13.2. The van der Waals surface area contributed by atoms with E-state index in [4.69, 9.17) is 4.74 Å². The molecule has 2 aliphatic rings. The third-order valence-electron chi connectivity index (χ3n) is 7.41. The SMILES string of the molecule is CCC1CCN(C(=O)C2(Nc3ccccc3)CCC(N(C(=O)OC(C)(C)C)C(C)C)CC2)CC1. The van der Waals surface area contributed by atoms with Crippen LogP contribution in [0.2, 0.25) is 0 Å². The van der Waals surface area contributed by atoms with Gasteiger partial charge >= 0.3 is 6.09 Å². The topological polar surface area (TPSA) is 61.9 Å². The van der Waals surface area contributed by atoms with Gasteiger partial charge in [-0.2, -0.15) is 0 Å². The van der Waals surface area contributed by atoms with Gasteiger partial charge in [0.25, 0.3) is 0 Å². The Morgan fingerprint density at radius 1 is 1.09 bits per heavy atom. The average molecular weight is 472 g/mol. The van der Waals surface area contributed by atoms with Gasteiger partial charge in [0.1, 0.15) is 11.1 Å². The normalized spacial score (nSPS) is 24.1. The number of anilines is 1. The number of hydrogen-bond donors (Lipinski definition) is 1. The molecule has 0 unspecified atom stereocenters. The molecule has 1 saturated heterocycles. The zero-order valence-corrected chi connectivity index (χ0v) is 22.1. The smallest absolute Gasteiger partial charge is 0.410 e. The van der Waals surface area contributed by atoms with E-state index in [1.807, 2.05) is 69.9 Å². The number of benzene rings is 1. The van der Waals surface area contributed by atoms with Gasteiger partial charge in [-0.15, -0.1) is 0 Å². The Bertz CT molecular complexity index is 802. The summed E-state index contributed by atoms with van der Waals surface area (Å²) in [5.41, 5.74) is -0.184.